The van der Waals surface area contributed by atoms with E-state index in [1.165, 1.54) is 13.0 Å². The molecular formula is C14H16F3N3. The predicted molar refractivity (Wildman–Crippen MR) is 72.0 cm³/mol. The Morgan fingerprint density at radius 2 is 2.05 bits per heavy atom. The van der Waals surface area contributed by atoms with E-state index in [1.807, 2.05) is 11.5 Å². The SMILES string of the molecule is CCCn1ccnc1Nc1ccc(C)c(C(F)(F)F)c1. The molecule has 0 aliphatic rings. The molecule has 0 atom stereocenters. The van der Waals surface area contributed by atoms with Crippen molar-refractivity contribution in [3.63, 3.8) is 0 Å². The first kappa shape index (κ1) is 14.4. The number of aromatic nitrogens is 2. The highest BCUT2D eigenvalue weighted by Gasteiger charge is 2.32. The zero-order valence-corrected chi connectivity index (χ0v) is 11.3. The monoisotopic (exact) mass is 283 g/mol. The normalized spacial score (nSPS) is 11.7. The fraction of sp³-hybridized carbons (Fsp3) is 0.357. The van der Waals surface area contributed by atoms with Crippen LogP contribution in [0.2, 0.25) is 0 Å². The lowest BCUT2D eigenvalue weighted by Crippen LogP contribution is -2.09. The number of benzene rings is 1. The third kappa shape index (κ3) is 3.12. The molecule has 0 unspecified atom stereocenters. The maximum absolute atomic E-state index is 12.9. The lowest BCUT2D eigenvalue weighted by molar-refractivity contribution is -0.138. The van der Waals surface area contributed by atoms with Gasteiger partial charge in [-0.1, -0.05) is 13.0 Å². The molecule has 0 aliphatic carbocycles. The van der Waals surface area contributed by atoms with Crippen LogP contribution in [0.15, 0.2) is 30.6 Å². The maximum atomic E-state index is 12.9. The van der Waals surface area contributed by atoms with Gasteiger partial charge in [-0.3, -0.25) is 0 Å². The number of nitrogens with one attached hydrogen (secondary N) is 1. The van der Waals surface area contributed by atoms with Crippen molar-refractivity contribution in [2.75, 3.05) is 5.32 Å². The Morgan fingerprint density at radius 1 is 1.30 bits per heavy atom. The molecular weight excluding hydrogens is 267 g/mol. The Hall–Kier alpha value is -1.98. The van der Waals surface area contributed by atoms with Gasteiger partial charge in [-0.25, -0.2) is 4.98 Å². The number of nitrogens with zero attached hydrogens (tertiary/aromatic N) is 2. The lowest BCUT2D eigenvalue weighted by atomic mass is 10.1. The minimum atomic E-state index is -4.35. The van der Waals surface area contributed by atoms with Crippen LogP contribution in [0.3, 0.4) is 0 Å². The third-order valence-electron chi connectivity index (χ3n) is 2.98. The average Bonchev–Trinajstić information content (AvgIpc) is 2.78. The highest BCUT2D eigenvalue weighted by molar-refractivity contribution is 5.56. The third-order valence-corrected chi connectivity index (χ3v) is 2.98. The average molecular weight is 283 g/mol. The fourth-order valence-corrected chi connectivity index (χ4v) is 1.99. The van der Waals surface area contributed by atoms with Gasteiger partial charge in [0.25, 0.3) is 0 Å². The molecule has 0 bridgehead atoms. The van der Waals surface area contributed by atoms with Crippen molar-refractivity contribution in [1.82, 2.24) is 9.55 Å². The summed E-state index contributed by atoms with van der Waals surface area (Å²) < 4.78 is 40.4. The Balaban J connectivity index is 2.28. The lowest BCUT2D eigenvalue weighted by Gasteiger charge is -2.13. The van der Waals surface area contributed by atoms with Crippen LogP contribution in [-0.4, -0.2) is 9.55 Å². The minimum absolute atomic E-state index is 0.208. The van der Waals surface area contributed by atoms with Crippen LogP contribution in [-0.2, 0) is 12.7 Å². The highest BCUT2D eigenvalue weighted by atomic mass is 19.4. The van der Waals surface area contributed by atoms with Gasteiger partial charge in [0.05, 0.1) is 5.56 Å². The van der Waals surface area contributed by atoms with Crippen LogP contribution in [0.4, 0.5) is 24.8 Å². The summed E-state index contributed by atoms with van der Waals surface area (Å²) in [7, 11) is 0. The quantitative estimate of drug-likeness (QED) is 0.903. The van der Waals surface area contributed by atoms with E-state index in [0.29, 0.717) is 11.6 Å². The molecule has 20 heavy (non-hydrogen) atoms. The molecule has 108 valence electrons. The van der Waals surface area contributed by atoms with Crippen molar-refractivity contribution in [2.24, 2.45) is 0 Å². The Kier molecular flexibility index (Phi) is 4.01. The second-order valence-electron chi connectivity index (χ2n) is 4.60. The van der Waals surface area contributed by atoms with Crippen LogP contribution in [0.5, 0.6) is 0 Å². The van der Waals surface area contributed by atoms with E-state index in [0.717, 1.165) is 19.0 Å². The summed E-state index contributed by atoms with van der Waals surface area (Å²) in [4.78, 5) is 4.11. The highest BCUT2D eigenvalue weighted by Crippen LogP contribution is 2.33. The molecule has 0 saturated heterocycles. The molecule has 0 radical (unpaired) electrons. The zero-order valence-electron chi connectivity index (χ0n) is 11.3. The minimum Gasteiger partial charge on any atom is -0.326 e. The van der Waals surface area contributed by atoms with E-state index in [4.69, 9.17) is 0 Å². The summed E-state index contributed by atoms with van der Waals surface area (Å²) in [6, 6.07) is 4.19. The van der Waals surface area contributed by atoms with Gasteiger partial charge in [-0.05, 0) is 31.0 Å². The number of alkyl halides is 3. The van der Waals surface area contributed by atoms with Gasteiger partial charge in [-0.15, -0.1) is 0 Å². The molecule has 6 heteroatoms. The summed E-state index contributed by atoms with van der Waals surface area (Å²) in [6.45, 7) is 4.24. The molecule has 0 amide bonds. The molecule has 0 aliphatic heterocycles. The van der Waals surface area contributed by atoms with Crippen molar-refractivity contribution >= 4 is 11.6 Å². The summed E-state index contributed by atoms with van der Waals surface area (Å²) in [5.74, 6) is 0.545. The van der Waals surface area contributed by atoms with E-state index in [9.17, 15) is 13.2 Å². The summed E-state index contributed by atoms with van der Waals surface area (Å²) in [5.41, 5.74) is -0.0393. The van der Waals surface area contributed by atoms with E-state index < -0.39 is 11.7 Å². The van der Waals surface area contributed by atoms with Crippen LogP contribution in [0.1, 0.15) is 24.5 Å². The first-order valence-electron chi connectivity index (χ1n) is 6.38. The number of hydrogen-bond donors (Lipinski definition) is 1. The number of anilines is 2. The predicted octanol–water partition coefficient (Wildman–Crippen LogP) is 4.36. The van der Waals surface area contributed by atoms with Gasteiger partial charge in [0, 0.05) is 24.6 Å². The molecule has 3 nitrogen and oxygen atoms in total. The molecule has 1 N–H and O–H groups in total. The molecule has 0 spiro atoms. The molecule has 1 aromatic carbocycles. The number of imidazole rings is 1. The number of aryl methyl sites for hydroxylation is 2. The molecule has 0 saturated carbocycles. The molecule has 1 heterocycles. The van der Waals surface area contributed by atoms with Crippen molar-refractivity contribution in [3.05, 3.63) is 41.7 Å². The maximum Gasteiger partial charge on any atom is 0.416 e. The Morgan fingerprint density at radius 3 is 2.70 bits per heavy atom. The Bertz CT molecular complexity index is 588. The van der Waals surface area contributed by atoms with Gasteiger partial charge in [0.15, 0.2) is 0 Å². The van der Waals surface area contributed by atoms with Gasteiger partial charge >= 0.3 is 6.18 Å². The summed E-state index contributed by atoms with van der Waals surface area (Å²) in [5, 5.41) is 2.93. The van der Waals surface area contributed by atoms with Crippen molar-refractivity contribution in [1.29, 1.82) is 0 Å². The summed E-state index contributed by atoms with van der Waals surface area (Å²) in [6.07, 6.45) is -0.00506. The number of halogens is 3. The standard InChI is InChI=1S/C14H16F3N3/c1-3-7-20-8-6-18-13(20)19-11-5-4-10(2)12(9-11)14(15,16)17/h4-6,8-9H,3,7H2,1-2H3,(H,18,19). The second kappa shape index (κ2) is 5.56. The van der Waals surface area contributed by atoms with E-state index in [1.54, 1.807) is 18.5 Å². The van der Waals surface area contributed by atoms with Gasteiger partial charge in [-0.2, -0.15) is 13.2 Å². The molecule has 0 fully saturated rings. The number of hydrogen-bond acceptors (Lipinski definition) is 2. The second-order valence-corrected chi connectivity index (χ2v) is 4.60. The van der Waals surface area contributed by atoms with E-state index in [2.05, 4.69) is 10.3 Å². The largest absolute Gasteiger partial charge is 0.416 e. The smallest absolute Gasteiger partial charge is 0.326 e. The fourth-order valence-electron chi connectivity index (χ4n) is 1.99. The molecule has 1 aromatic heterocycles. The van der Waals surface area contributed by atoms with Crippen molar-refractivity contribution in [3.8, 4) is 0 Å². The topological polar surface area (TPSA) is 29.9 Å². The van der Waals surface area contributed by atoms with Crippen molar-refractivity contribution in [2.45, 2.75) is 33.0 Å². The van der Waals surface area contributed by atoms with E-state index in [-0.39, 0.29) is 5.56 Å². The van der Waals surface area contributed by atoms with Crippen LogP contribution in [0, 0.1) is 6.92 Å². The van der Waals surface area contributed by atoms with E-state index >= 15 is 0 Å². The van der Waals surface area contributed by atoms with Gasteiger partial charge in [0.2, 0.25) is 5.95 Å². The number of rotatable bonds is 4. The first-order chi connectivity index (χ1) is 9.41. The van der Waals surface area contributed by atoms with Crippen LogP contribution >= 0.6 is 0 Å². The van der Waals surface area contributed by atoms with Gasteiger partial charge < -0.3 is 9.88 Å². The Labute approximate surface area is 115 Å². The summed E-state index contributed by atoms with van der Waals surface area (Å²) >= 11 is 0. The van der Waals surface area contributed by atoms with Gasteiger partial charge in [0.1, 0.15) is 0 Å². The van der Waals surface area contributed by atoms with Crippen LogP contribution < -0.4 is 5.32 Å². The first-order valence-corrected chi connectivity index (χ1v) is 6.38. The zero-order chi connectivity index (χ0) is 14.8. The van der Waals surface area contributed by atoms with Crippen LogP contribution in [0.25, 0.3) is 0 Å². The molecule has 2 rings (SSSR count). The molecule has 2 aromatic rings. The van der Waals surface area contributed by atoms with Crippen molar-refractivity contribution < 1.29 is 13.2 Å².